The van der Waals surface area contributed by atoms with Gasteiger partial charge in [0.2, 0.25) is 0 Å². The first-order chi connectivity index (χ1) is 9.55. The lowest BCUT2D eigenvalue weighted by Crippen LogP contribution is -2.43. The summed E-state index contributed by atoms with van der Waals surface area (Å²) in [6.07, 6.45) is 2.29. The number of carbonyl (C=O) groups is 1. The summed E-state index contributed by atoms with van der Waals surface area (Å²) in [6.45, 7) is 0.584. The molecular weight excluding hydrogens is 276 g/mol. The average Bonchev–Trinajstić information content (AvgIpc) is 2.75. The van der Waals surface area contributed by atoms with Gasteiger partial charge in [0.1, 0.15) is 0 Å². The second-order valence-corrected chi connectivity index (χ2v) is 7.32. The van der Waals surface area contributed by atoms with E-state index in [2.05, 4.69) is 22.8 Å². The molecule has 6 heteroatoms. The van der Waals surface area contributed by atoms with Crippen LogP contribution in [0.3, 0.4) is 0 Å². The van der Waals surface area contributed by atoms with E-state index >= 15 is 0 Å². The van der Waals surface area contributed by atoms with Crippen molar-refractivity contribution in [2.45, 2.75) is 25.3 Å². The molecule has 1 aliphatic rings. The molecule has 1 atom stereocenters. The van der Waals surface area contributed by atoms with Crippen molar-refractivity contribution in [2.24, 2.45) is 0 Å². The highest BCUT2D eigenvalue weighted by molar-refractivity contribution is 7.91. The molecule has 5 nitrogen and oxygen atoms in total. The van der Waals surface area contributed by atoms with Crippen LogP contribution in [0.15, 0.2) is 30.3 Å². The lowest BCUT2D eigenvalue weighted by molar-refractivity contribution is 0.238. The first-order valence-electron chi connectivity index (χ1n) is 6.84. The Labute approximate surface area is 119 Å². The third-order valence-electron chi connectivity index (χ3n) is 3.34. The summed E-state index contributed by atoms with van der Waals surface area (Å²) in [5, 5.41) is 5.47. The monoisotopic (exact) mass is 296 g/mol. The van der Waals surface area contributed by atoms with Gasteiger partial charge >= 0.3 is 6.03 Å². The van der Waals surface area contributed by atoms with Crippen LogP contribution in [0.1, 0.15) is 18.4 Å². The maximum Gasteiger partial charge on any atom is 0.315 e. The number of sulfone groups is 1. The zero-order valence-corrected chi connectivity index (χ0v) is 12.2. The van der Waals surface area contributed by atoms with Gasteiger partial charge in [-0.05, 0) is 24.8 Å². The average molecular weight is 296 g/mol. The number of benzene rings is 1. The van der Waals surface area contributed by atoms with E-state index in [-0.39, 0.29) is 23.6 Å². The summed E-state index contributed by atoms with van der Waals surface area (Å²) in [7, 11) is -2.94. The Balaban J connectivity index is 1.61. The molecule has 1 heterocycles. The lowest BCUT2D eigenvalue weighted by Gasteiger charge is -2.11. The standard InChI is InChI=1S/C14H20N2O3S/c17-14(16-13-8-10-20(18,19)11-13)15-9-4-7-12-5-2-1-3-6-12/h1-3,5-6,13H,4,7-11H2,(H2,15,16,17). The Kier molecular flexibility index (Phi) is 5.00. The van der Waals surface area contributed by atoms with Gasteiger partial charge < -0.3 is 10.6 Å². The van der Waals surface area contributed by atoms with E-state index in [0.29, 0.717) is 13.0 Å². The molecular formula is C14H20N2O3S. The van der Waals surface area contributed by atoms with Crippen LogP contribution in [-0.2, 0) is 16.3 Å². The lowest BCUT2D eigenvalue weighted by atomic mass is 10.1. The molecule has 0 aliphatic carbocycles. The highest BCUT2D eigenvalue weighted by Gasteiger charge is 2.28. The smallest absolute Gasteiger partial charge is 0.315 e. The van der Waals surface area contributed by atoms with Crippen LogP contribution in [0, 0.1) is 0 Å². The van der Waals surface area contributed by atoms with E-state index in [9.17, 15) is 13.2 Å². The van der Waals surface area contributed by atoms with E-state index in [1.807, 2.05) is 18.2 Å². The SMILES string of the molecule is O=C(NCCCc1ccccc1)NC1CCS(=O)(=O)C1. The van der Waals surface area contributed by atoms with Crippen molar-refractivity contribution in [3.8, 4) is 0 Å². The normalized spacial score (nSPS) is 20.5. The van der Waals surface area contributed by atoms with Crippen LogP contribution < -0.4 is 10.6 Å². The maximum absolute atomic E-state index is 11.6. The van der Waals surface area contributed by atoms with Crippen LogP contribution in [0.25, 0.3) is 0 Å². The van der Waals surface area contributed by atoms with Crippen molar-refractivity contribution in [3.05, 3.63) is 35.9 Å². The van der Waals surface area contributed by atoms with Crippen LogP contribution in [0.2, 0.25) is 0 Å². The fourth-order valence-electron chi connectivity index (χ4n) is 2.28. The number of hydrogen-bond donors (Lipinski definition) is 2. The van der Waals surface area contributed by atoms with Crippen molar-refractivity contribution < 1.29 is 13.2 Å². The third kappa shape index (κ3) is 4.85. The second kappa shape index (κ2) is 6.74. The van der Waals surface area contributed by atoms with E-state index in [0.717, 1.165) is 12.8 Å². The molecule has 0 spiro atoms. The minimum Gasteiger partial charge on any atom is -0.338 e. The number of carbonyl (C=O) groups excluding carboxylic acids is 1. The third-order valence-corrected chi connectivity index (χ3v) is 5.11. The summed E-state index contributed by atoms with van der Waals surface area (Å²) in [6, 6.07) is 9.57. The Morgan fingerprint density at radius 3 is 2.65 bits per heavy atom. The molecule has 0 aromatic heterocycles. The van der Waals surface area contributed by atoms with E-state index in [4.69, 9.17) is 0 Å². The molecule has 110 valence electrons. The van der Waals surface area contributed by atoms with Crippen LogP contribution in [-0.4, -0.2) is 38.5 Å². The first-order valence-corrected chi connectivity index (χ1v) is 8.66. The van der Waals surface area contributed by atoms with Crippen molar-refractivity contribution >= 4 is 15.9 Å². The van der Waals surface area contributed by atoms with Crippen LogP contribution in [0.4, 0.5) is 4.79 Å². The molecule has 1 unspecified atom stereocenters. The van der Waals surface area contributed by atoms with Gasteiger partial charge in [-0.3, -0.25) is 0 Å². The maximum atomic E-state index is 11.6. The Bertz CT molecular complexity index is 543. The molecule has 2 rings (SSSR count). The van der Waals surface area contributed by atoms with Crippen molar-refractivity contribution in [3.63, 3.8) is 0 Å². The van der Waals surface area contributed by atoms with Gasteiger partial charge in [-0.2, -0.15) is 0 Å². The predicted octanol–water partition coefficient (Wildman–Crippen LogP) is 1.11. The first kappa shape index (κ1) is 14.8. The molecule has 1 saturated heterocycles. The van der Waals surface area contributed by atoms with Gasteiger partial charge in [-0.1, -0.05) is 30.3 Å². The Morgan fingerprint density at radius 1 is 1.25 bits per heavy atom. The fraction of sp³-hybridized carbons (Fsp3) is 0.500. The van der Waals surface area contributed by atoms with Gasteiger partial charge in [-0.25, -0.2) is 13.2 Å². The van der Waals surface area contributed by atoms with Crippen LogP contribution in [0.5, 0.6) is 0 Å². The van der Waals surface area contributed by atoms with E-state index < -0.39 is 9.84 Å². The van der Waals surface area contributed by atoms with Crippen molar-refractivity contribution in [1.82, 2.24) is 10.6 Å². The summed E-state index contributed by atoms with van der Waals surface area (Å²) >= 11 is 0. The zero-order chi connectivity index (χ0) is 14.4. The van der Waals surface area contributed by atoms with Crippen LogP contribution >= 0.6 is 0 Å². The molecule has 1 aromatic carbocycles. The number of nitrogens with one attached hydrogen (secondary N) is 2. The molecule has 0 bridgehead atoms. The number of rotatable bonds is 5. The fourth-order valence-corrected chi connectivity index (χ4v) is 3.96. The Hall–Kier alpha value is -1.56. The highest BCUT2D eigenvalue weighted by atomic mass is 32.2. The molecule has 20 heavy (non-hydrogen) atoms. The molecule has 0 radical (unpaired) electrons. The predicted molar refractivity (Wildman–Crippen MR) is 78.4 cm³/mol. The van der Waals surface area contributed by atoms with Gasteiger partial charge in [0.15, 0.2) is 9.84 Å². The minimum absolute atomic E-state index is 0.0600. The topological polar surface area (TPSA) is 75.3 Å². The largest absolute Gasteiger partial charge is 0.338 e. The molecule has 1 fully saturated rings. The van der Waals surface area contributed by atoms with Gasteiger partial charge in [0, 0.05) is 12.6 Å². The van der Waals surface area contributed by atoms with Gasteiger partial charge in [-0.15, -0.1) is 0 Å². The summed E-state index contributed by atoms with van der Waals surface area (Å²) in [5.74, 6) is 0.233. The molecule has 1 aromatic rings. The molecule has 1 aliphatic heterocycles. The molecule has 2 amide bonds. The summed E-state index contributed by atoms with van der Waals surface area (Å²) in [4.78, 5) is 11.6. The summed E-state index contributed by atoms with van der Waals surface area (Å²) < 4.78 is 22.5. The van der Waals surface area contributed by atoms with Crippen molar-refractivity contribution in [2.75, 3.05) is 18.1 Å². The van der Waals surface area contributed by atoms with E-state index in [1.54, 1.807) is 0 Å². The number of hydrogen-bond acceptors (Lipinski definition) is 3. The summed E-state index contributed by atoms with van der Waals surface area (Å²) in [5.41, 5.74) is 1.25. The zero-order valence-electron chi connectivity index (χ0n) is 11.3. The second-order valence-electron chi connectivity index (χ2n) is 5.09. The van der Waals surface area contributed by atoms with E-state index in [1.165, 1.54) is 5.56 Å². The number of amides is 2. The van der Waals surface area contributed by atoms with Gasteiger partial charge in [0.25, 0.3) is 0 Å². The molecule has 2 N–H and O–H groups in total. The van der Waals surface area contributed by atoms with Gasteiger partial charge in [0.05, 0.1) is 11.5 Å². The van der Waals surface area contributed by atoms with Crippen molar-refractivity contribution in [1.29, 1.82) is 0 Å². The minimum atomic E-state index is -2.94. The highest BCUT2D eigenvalue weighted by Crippen LogP contribution is 2.10. The molecule has 0 saturated carbocycles. The number of aryl methyl sites for hydroxylation is 1. The Morgan fingerprint density at radius 2 is 2.00 bits per heavy atom. The number of urea groups is 1. The quantitative estimate of drug-likeness (QED) is 0.799.